The number of carbonyl (C=O) groups excluding carboxylic acids is 2. The minimum absolute atomic E-state index is 0.0195. The number of ether oxygens (including phenoxy) is 2. The third kappa shape index (κ3) is 3.02. The Morgan fingerprint density at radius 3 is 2.64 bits per heavy atom. The zero-order chi connectivity index (χ0) is 19.1. The Morgan fingerprint density at radius 1 is 1.00 bits per heavy atom. The number of anilines is 1. The number of fused-ring (bicyclic) bond motifs is 3. The second kappa shape index (κ2) is 6.74. The first kappa shape index (κ1) is 16.9. The van der Waals surface area contributed by atoms with E-state index in [1.807, 2.05) is 23.1 Å². The number of likely N-dealkylation sites (tertiary alicyclic amines) is 1. The summed E-state index contributed by atoms with van der Waals surface area (Å²) < 4.78 is 10.7. The van der Waals surface area contributed by atoms with Crippen LogP contribution in [0.25, 0.3) is 0 Å². The van der Waals surface area contributed by atoms with Crippen LogP contribution in [0, 0.1) is 5.92 Å². The highest BCUT2D eigenvalue weighted by Crippen LogP contribution is 2.39. The van der Waals surface area contributed by atoms with Gasteiger partial charge in [-0.2, -0.15) is 0 Å². The summed E-state index contributed by atoms with van der Waals surface area (Å²) in [5, 5.41) is 6.05. The fourth-order valence-corrected chi connectivity index (χ4v) is 4.42. The quantitative estimate of drug-likeness (QED) is 0.859. The second-order valence-electron chi connectivity index (χ2n) is 7.50. The van der Waals surface area contributed by atoms with E-state index in [-0.39, 0.29) is 30.8 Å². The summed E-state index contributed by atoms with van der Waals surface area (Å²) in [6, 6.07) is 14.4. The van der Waals surface area contributed by atoms with E-state index in [2.05, 4.69) is 10.6 Å². The van der Waals surface area contributed by atoms with Crippen LogP contribution in [-0.4, -0.2) is 42.3 Å². The van der Waals surface area contributed by atoms with Gasteiger partial charge < -0.3 is 25.0 Å². The fraction of sp³-hybridized carbons (Fsp3) is 0.333. The summed E-state index contributed by atoms with van der Waals surface area (Å²) in [6.07, 6.45) is 1.84. The van der Waals surface area contributed by atoms with Crippen LogP contribution in [0.2, 0.25) is 0 Å². The van der Waals surface area contributed by atoms with Crippen molar-refractivity contribution in [2.24, 2.45) is 5.92 Å². The third-order valence-corrected chi connectivity index (χ3v) is 5.72. The van der Waals surface area contributed by atoms with Crippen molar-refractivity contribution in [3.05, 3.63) is 54.1 Å². The van der Waals surface area contributed by atoms with Gasteiger partial charge in [-0.1, -0.05) is 18.2 Å². The van der Waals surface area contributed by atoms with Crippen molar-refractivity contribution in [2.45, 2.75) is 24.9 Å². The summed E-state index contributed by atoms with van der Waals surface area (Å²) >= 11 is 0. The number of piperidine rings is 1. The van der Waals surface area contributed by atoms with Crippen LogP contribution in [0.15, 0.2) is 48.5 Å². The SMILES string of the molecule is O=C(N[C@H]1C[C@@H]2C[C@H]1N(C(=O)Nc1ccc3c(c1)OCO3)C2)c1ccccc1. The summed E-state index contributed by atoms with van der Waals surface area (Å²) in [5.41, 5.74) is 1.31. The number of amides is 3. The topological polar surface area (TPSA) is 79.9 Å². The van der Waals surface area contributed by atoms with E-state index < -0.39 is 0 Å². The van der Waals surface area contributed by atoms with Crippen molar-refractivity contribution < 1.29 is 19.1 Å². The van der Waals surface area contributed by atoms with Gasteiger partial charge in [-0.15, -0.1) is 0 Å². The number of nitrogens with one attached hydrogen (secondary N) is 2. The first-order chi connectivity index (χ1) is 13.7. The molecule has 5 rings (SSSR count). The van der Waals surface area contributed by atoms with Crippen molar-refractivity contribution in [2.75, 3.05) is 18.7 Å². The number of benzene rings is 2. The maximum Gasteiger partial charge on any atom is 0.322 e. The van der Waals surface area contributed by atoms with Gasteiger partial charge in [-0.25, -0.2) is 4.79 Å². The molecule has 1 saturated carbocycles. The molecule has 2 N–H and O–H groups in total. The molecule has 0 spiro atoms. The minimum atomic E-state index is -0.148. The number of urea groups is 1. The van der Waals surface area contributed by atoms with E-state index in [1.54, 1.807) is 30.3 Å². The monoisotopic (exact) mass is 379 g/mol. The zero-order valence-corrected chi connectivity index (χ0v) is 15.3. The van der Waals surface area contributed by atoms with E-state index >= 15 is 0 Å². The van der Waals surface area contributed by atoms with E-state index in [0.717, 1.165) is 19.4 Å². The molecular weight excluding hydrogens is 358 g/mol. The van der Waals surface area contributed by atoms with Gasteiger partial charge in [0.15, 0.2) is 11.5 Å². The lowest BCUT2D eigenvalue weighted by molar-refractivity contribution is 0.0906. The smallest absolute Gasteiger partial charge is 0.322 e. The second-order valence-corrected chi connectivity index (χ2v) is 7.50. The molecule has 3 amide bonds. The van der Waals surface area contributed by atoms with Crippen LogP contribution in [0.3, 0.4) is 0 Å². The van der Waals surface area contributed by atoms with Gasteiger partial charge in [-0.05, 0) is 43.0 Å². The van der Waals surface area contributed by atoms with Crippen LogP contribution in [0.5, 0.6) is 11.5 Å². The maximum atomic E-state index is 12.8. The van der Waals surface area contributed by atoms with Crippen molar-refractivity contribution >= 4 is 17.6 Å². The minimum Gasteiger partial charge on any atom is -0.454 e. The molecule has 0 unspecified atom stereocenters. The number of carbonyl (C=O) groups is 2. The van der Waals surface area contributed by atoms with E-state index in [4.69, 9.17) is 9.47 Å². The molecule has 7 heteroatoms. The first-order valence-electron chi connectivity index (χ1n) is 9.50. The molecule has 2 heterocycles. The summed E-state index contributed by atoms with van der Waals surface area (Å²) in [5.74, 6) is 1.65. The number of nitrogens with zero attached hydrogens (tertiary/aromatic N) is 1. The molecule has 2 bridgehead atoms. The Kier molecular flexibility index (Phi) is 4.07. The van der Waals surface area contributed by atoms with Crippen LogP contribution >= 0.6 is 0 Å². The van der Waals surface area contributed by atoms with Gasteiger partial charge in [0.1, 0.15) is 0 Å². The normalized spacial score (nSPS) is 24.3. The number of hydrogen-bond donors (Lipinski definition) is 2. The number of rotatable bonds is 3. The van der Waals surface area contributed by atoms with E-state index in [0.29, 0.717) is 28.7 Å². The molecule has 2 aromatic carbocycles. The highest BCUT2D eigenvalue weighted by atomic mass is 16.7. The predicted molar refractivity (Wildman–Crippen MR) is 102 cm³/mol. The summed E-state index contributed by atoms with van der Waals surface area (Å²) in [6.45, 7) is 0.921. The Hall–Kier alpha value is -3.22. The van der Waals surface area contributed by atoms with Gasteiger partial charge in [0.2, 0.25) is 6.79 Å². The third-order valence-electron chi connectivity index (χ3n) is 5.72. The molecule has 28 heavy (non-hydrogen) atoms. The molecule has 7 nitrogen and oxygen atoms in total. The Labute approximate surface area is 162 Å². The van der Waals surface area contributed by atoms with Crippen LogP contribution < -0.4 is 20.1 Å². The van der Waals surface area contributed by atoms with Gasteiger partial charge >= 0.3 is 6.03 Å². The lowest BCUT2D eigenvalue weighted by atomic mass is 10.1. The van der Waals surface area contributed by atoms with Crippen molar-refractivity contribution in [1.82, 2.24) is 10.2 Å². The molecule has 3 aliphatic rings. The fourth-order valence-electron chi connectivity index (χ4n) is 4.42. The van der Waals surface area contributed by atoms with E-state index in [9.17, 15) is 9.59 Å². The van der Waals surface area contributed by atoms with Crippen LogP contribution in [0.1, 0.15) is 23.2 Å². The van der Waals surface area contributed by atoms with Crippen molar-refractivity contribution in [1.29, 1.82) is 0 Å². The molecule has 1 saturated heterocycles. The first-order valence-corrected chi connectivity index (χ1v) is 9.50. The van der Waals surface area contributed by atoms with Crippen LogP contribution in [-0.2, 0) is 0 Å². The Morgan fingerprint density at radius 2 is 1.82 bits per heavy atom. The molecule has 0 aromatic heterocycles. The lowest BCUT2D eigenvalue weighted by Gasteiger charge is -2.33. The van der Waals surface area contributed by atoms with Gasteiger partial charge in [0, 0.05) is 29.9 Å². The summed E-state index contributed by atoms with van der Waals surface area (Å²) in [4.78, 5) is 27.2. The molecule has 144 valence electrons. The molecule has 2 fully saturated rings. The number of hydrogen-bond acceptors (Lipinski definition) is 4. The Bertz CT molecular complexity index is 917. The molecule has 2 aromatic rings. The molecule has 2 aliphatic heterocycles. The standard InChI is InChI=1S/C21H21N3O4/c25-20(14-4-2-1-3-5-14)23-16-8-13-9-17(16)24(11-13)21(26)22-15-6-7-18-19(10-15)28-12-27-18/h1-7,10,13,16-17H,8-9,11-12H2,(H,22,26)(H,23,25)/t13-,16+,17-/m1/s1. The largest absolute Gasteiger partial charge is 0.454 e. The molecule has 3 atom stereocenters. The van der Waals surface area contributed by atoms with Crippen LogP contribution in [0.4, 0.5) is 10.5 Å². The predicted octanol–water partition coefficient (Wildman–Crippen LogP) is 2.84. The lowest BCUT2D eigenvalue weighted by Crippen LogP contribution is -2.53. The van der Waals surface area contributed by atoms with Crippen molar-refractivity contribution in [3.8, 4) is 11.5 Å². The highest BCUT2D eigenvalue weighted by molar-refractivity contribution is 5.94. The van der Waals surface area contributed by atoms with E-state index in [1.165, 1.54) is 0 Å². The summed E-state index contributed by atoms with van der Waals surface area (Å²) in [7, 11) is 0. The average Bonchev–Trinajstić information content (AvgIpc) is 3.43. The average molecular weight is 379 g/mol. The maximum absolute atomic E-state index is 12.8. The zero-order valence-electron chi connectivity index (χ0n) is 15.3. The van der Waals surface area contributed by atoms with Gasteiger partial charge in [0.25, 0.3) is 5.91 Å². The van der Waals surface area contributed by atoms with Gasteiger partial charge in [0.05, 0.1) is 6.04 Å². The molecular formula is C21H21N3O4. The highest BCUT2D eigenvalue weighted by Gasteiger charge is 2.47. The molecule has 1 aliphatic carbocycles. The van der Waals surface area contributed by atoms with Gasteiger partial charge in [-0.3, -0.25) is 4.79 Å². The molecule has 0 radical (unpaired) electrons. The van der Waals surface area contributed by atoms with Crippen molar-refractivity contribution in [3.63, 3.8) is 0 Å². The Balaban J connectivity index is 1.25.